The number of furan rings is 1. The summed E-state index contributed by atoms with van der Waals surface area (Å²) < 4.78 is 11.7. The van der Waals surface area contributed by atoms with Gasteiger partial charge in [0.2, 0.25) is 6.29 Å². The van der Waals surface area contributed by atoms with Gasteiger partial charge in [0.15, 0.2) is 5.58 Å². The fourth-order valence-electron chi connectivity index (χ4n) is 9.09. The van der Waals surface area contributed by atoms with E-state index in [1.54, 1.807) is 0 Å². The largest absolute Gasteiger partial charge is 0.454 e. The first-order valence-electron chi connectivity index (χ1n) is 18.4. The summed E-state index contributed by atoms with van der Waals surface area (Å²) in [6.45, 7) is 0. The Morgan fingerprint density at radius 2 is 1.45 bits per heavy atom. The number of rotatable bonds is 3. The quantitative estimate of drug-likeness (QED) is 0.202. The lowest BCUT2D eigenvalue weighted by atomic mass is 9.99. The Morgan fingerprint density at radius 1 is 0.660 bits per heavy atom. The maximum absolute atomic E-state index is 6.88. The molecule has 10 aromatic rings. The van der Waals surface area contributed by atoms with Gasteiger partial charge in [-0.05, 0) is 77.7 Å². The van der Waals surface area contributed by atoms with Crippen molar-refractivity contribution in [3.8, 4) is 5.69 Å². The van der Waals surface area contributed by atoms with Gasteiger partial charge < -0.3 is 18.9 Å². The first kappa shape index (κ1) is 28.8. The van der Waals surface area contributed by atoms with Crippen LogP contribution in [0.15, 0.2) is 161 Å². The first-order chi connectivity index (χ1) is 26.3. The number of aromatic nitrogens is 2. The van der Waals surface area contributed by atoms with E-state index in [0.717, 1.165) is 79.5 Å². The van der Waals surface area contributed by atoms with Crippen molar-refractivity contribution in [3.63, 3.8) is 0 Å². The molecule has 250 valence electrons. The van der Waals surface area contributed by atoms with E-state index in [2.05, 4.69) is 172 Å². The van der Waals surface area contributed by atoms with E-state index in [1.165, 1.54) is 38.2 Å². The van der Waals surface area contributed by atoms with Crippen molar-refractivity contribution in [2.75, 3.05) is 5.32 Å². The molecular formula is C48H32N4O. The highest BCUT2D eigenvalue weighted by Gasteiger charge is 2.29. The van der Waals surface area contributed by atoms with Crippen molar-refractivity contribution in [3.05, 3.63) is 174 Å². The van der Waals surface area contributed by atoms with Crippen LogP contribution in [0.2, 0.25) is 0 Å². The van der Waals surface area contributed by atoms with Crippen molar-refractivity contribution in [2.45, 2.75) is 19.1 Å². The highest BCUT2D eigenvalue weighted by molar-refractivity contribution is 6.27. The Labute approximate surface area is 304 Å². The highest BCUT2D eigenvalue weighted by Crippen LogP contribution is 2.45. The third kappa shape index (κ3) is 4.05. The number of aryl methyl sites for hydroxylation is 1. The summed E-state index contributed by atoms with van der Waals surface area (Å²) in [5.41, 5.74) is 13.2. The molecule has 1 aliphatic carbocycles. The molecule has 0 radical (unpaired) electrons. The molecule has 1 aliphatic heterocycles. The standard InChI is InChI=1S/C48H32N4O/c1-3-14-30(15-4-1)45-35-20-9-11-21-39(35)49-48(50-45)52-40-22-12-10-19-33(40)37-27-38-34-24-25-36-44-32-18-8-7-13-29(32)23-26-43(44)53-47(36)46(34)51(41(38)28-42(37)52)31-16-5-2-6-17-31/h1-9,11-18,20-28,48-49H,10,19H2. The molecule has 1 unspecified atom stereocenters. The maximum Gasteiger partial charge on any atom is 0.201 e. The van der Waals surface area contributed by atoms with Gasteiger partial charge in [-0.25, -0.2) is 4.99 Å². The van der Waals surface area contributed by atoms with Gasteiger partial charge in [-0.15, -0.1) is 0 Å². The van der Waals surface area contributed by atoms with Crippen LogP contribution in [-0.2, 0) is 6.42 Å². The molecule has 0 bridgehead atoms. The number of nitrogens with one attached hydrogen (secondary N) is 1. The second-order valence-corrected chi connectivity index (χ2v) is 14.2. The lowest BCUT2D eigenvalue weighted by molar-refractivity contribution is 0.599. The third-order valence-electron chi connectivity index (χ3n) is 11.4. The van der Waals surface area contributed by atoms with Crippen LogP contribution in [0.5, 0.6) is 0 Å². The van der Waals surface area contributed by atoms with Crippen LogP contribution in [0, 0.1) is 0 Å². The van der Waals surface area contributed by atoms with Gasteiger partial charge in [-0.3, -0.25) is 0 Å². The second kappa shape index (κ2) is 10.8. The predicted octanol–water partition coefficient (Wildman–Crippen LogP) is 12.2. The SMILES string of the molecule is C1=Cc2c(c3cc4c5ccc6c(oc7ccc8ccccc8c76)c5n(-c5ccccc5)c4cc3n2C2N=C(c3ccccc3)c3ccccc3N2)CC1. The van der Waals surface area contributed by atoms with E-state index in [-0.39, 0.29) is 6.29 Å². The number of hydrogen-bond acceptors (Lipinski definition) is 3. The Balaban J connectivity index is 1.19. The normalized spacial score (nSPS) is 15.4. The summed E-state index contributed by atoms with van der Waals surface area (Å²) in [7, 11) is 0. The molecule has 12 rings (SSSR count). The Bertz CT molecular complexity index is 3200. The number of anilines is 1. The molecule has 5 heteroatoms. The van der Waals surface area contributed by atoms with Gasteiger partial charge in [0, 0.05) is 55.1 Å². The second-order valence-electron chi connectivity index (χ2n) is 14.2. The van der Waals surface area contributed by atoms with Crippen molar-refractivity contribution in [1.29, 1.82) is 0 Å². The molecule has 0 saturated heterocycles. The molecule has 0 amide bonds. The fourth-order valence-corrected chi connectivity index (χ4v) is 9.09. The monoisotopic (exact) mass is 680 g/mol. The van der Waals surface area contributed by atoms with E-state index in [1.807, 2.05) is 0 Å². The molecule has 0 saturated carbocycles. The summed E-state index contributed by atoms with van der Waals surface area (Å²) in [5.74, 6) is 0. The Hall–Kier alpha value is -6.85. The van der Waals surface area contributed by atoms with Gasteiger partial charge in [-0.2, -0.15) is 0 Å². The minimum absolute atomic E-state index is 0.337. The smallest absolute Gasteiger partial charge is 0.201 e. The van der Waals surface area contributed by atoms with Gasteiger partial charge in [0.1, 0.15) is 5.58 Å². The highest BCUT2D eigenvalue weighted by atomic mass is 16.3. The van der Waals surface area contributed by atoms with E-state index in [9.17, 15) is 0 Å². The lowest BCUT2D eigenvalue weighted by Crippen LogP contribution is -2.25. The minimum Gasteiger partial charge on any atom is -0.454 e. The molecule has 7 aromatic carbocycles. The molecule has 1 N–H and O–H groups in total. The minimum atomic E-state index is -0.337. The van der Waals surface area contributed by atoms with E-state index < -0.39 is 0 Å². The van der Waals surface area contributed by atoms with E-state index in [4.69, 9.17) is 9.41 Å². The third-order valence-corrected chi connectivity index (χ3v) is 11.4. The fraction of sp³-hybridized carbons (Fsp3) is 0.0625. The molecule has 0 fully saturated rings. The molecule has 0 spiro atoms. The lowest BCUT2D eigenvalue weighted by Gasteiger charge is -2.28. The number of benzene rings is 7. The van der Waals surface area contributed by atoms with Crippen LogP contribution in [0.4, 0.5) is 5.69 Å². The molecule has 1 atom stereocenters. The molecular weight excluding hydrogens is 649 g/mol. The first-order valence-corrected chi connectivity index (χ1v) is 18.4. The van der Waals surface area contributed by atoms with Gasteiger partial charge >= 0.3 is 0 Å². The molecule has 3 aromatic heterocycles. The number of allylic oxidation sites excluding steroid dienone is 1. The molecule has 4 heterocycles. The van der Waals surface area contributed by atoms with Crippen LogP contribution in [0.3, 0.4) is 0 Å². The van der Waals surface area contributed by atoms with Crippen molar-refractivity contribution >= 4 is 82.9 Å². The summed E-state index contributed by atoms with van der Waals surface area (Å²) in [5, 5.41) is 12.2. The van der Waals surface area contributed by atoms with Crippen LogP contribution in [0.1, 0.15) is 35.1 Å². The van der Waals surface area contributed by atoms with Crippen molar-refractivity contribution in [1.82, 2.24) is 9.13 Å². The number of nitrogens with zero attached hydrogens (tertiary/aromatic N) is 3. The van der Waals surface area contributed by atoms with Crippen molar-refractivity contribution < 1.29 is 4.42 Å². The Morgan fingerprint density at radius 3 is 2.36 bits per heavy atom. The van der Waals surface area contributed by atoms with Gasteiger partial charge in [-0.1, -0.05) is 109 Å². The zero-order chi connectivity index (χ0) is 34.6. The summed E-state index contributed by atoms with van der Waals surface area (Å²) in [6.07, 6.45) is 6.27. The number of fused-ring (bicyclic) bond motifs is 13. The Kier molecular flexibility index (Phi) is 5.89. The van der Waals surface area contributed by atoms with Crippen molar-refractivity contribution in [2.24, 2.45) is 4.99 Å². The predicted molar refractivity (Wildman–Crippen MR) is 220 cm³/mol. The molecule has 5 nitrogen and oxygen atoms in total. The average molecular weight is 681 g/mol. The number of para-hydroxylation sites is 2. The van der Waals surface area contributed by atoms with Crippen LogP contribution in [0.25, 0.3) is 77.2 Å². The summed E-state index contributed by atoms with van der Waals surface area (Å²) in [6, 6.07) is 52.1. The zero-order valence-electron chi connectivity index (χ0n) is 28.8. The maximum atomic E-state index is 6.88. The summed E-state index contributed by atoms with van der Waals surface area (Å²) in [4.78, 5) is 5.50. The van der Waals surface area contributed by atoms with Gasteiger partial charge in [0.25, 0.3) is 0 Å². The number of hydrogen-bond donors (Lipinski definition) is 1. The average Bonchev–Trinajstić information content (AvgIpc) is 3.88. The number of aliphatic imine (C=N–C) groups is 1. The van der Waals surface area contributed by atoms with Crippen LogP contribution >= 0.6 is 0 Å². The zero-order valence-corrected chi connectivity index (χ0v) is 28.8. The topological polar surface area (TPSA) is 47.4 Å². The molecule has 2 aliphatic rings. The molecule has 53 heavy (non-hydrogen) atoms. The van der Waals surface area contributed by atoms with E-state index in [0.29, 0.717) is 0 Å². The van der Waals surface area contributed by atoms with Crippen LogP contribution < -0.4 is 5.32 Å². The van der Waals surface area contributed by atoms with E-state index >= 15 is 0 Å². The van der Waals surface area contributed by atoms with Crippen LogP contribution in [-0.4, -0.2) is 14.8 Å². The van der Waals surface area contributed by atoms with Gasteiger partial charge in [0.05, 0.1) is 22.3 Å². The summed E-state index contributed by atoms with van der Waals surface area (Å²) >= 11 is 0.